The Kier molecular flexibility index (Phi) is 5.44. The molecule has 0 saturated carbocycles. The van der Waals surface area contributed by atoms with E-state index in [1.54, 1.807) is 16.8 Å². The van der Waals surface area contributed by atoms with Gasteiger partial charge in [-0.05, 0) is 29.3 Å². The Hall–Kier alpha value is -3.53. The van der Waals surface area contributed by atoms with Crippen molar-refractivity contribution in [3.8, 4) is 22.7 Å². The molecule has 3 heterocycles. The Morgan fingerprint density at radius 1 is 0.938 bits per heavy atom. The summed E-state index contributed by atoms with van der Waals surface area (Å²) in [5.74, 6) is -0.644. The highest BCUT2D eigenvalue weighted by molar-refractivity contribution is 5.58. The average molecular weight is 440 g/mol. The smallest absolute Gasteiger partial charge is 0.314 e. The van der Waals surface area contributed by atoms with Gasteiger partial charge in [0, 0.05) is 30.8 Å². The molecule has 1 fully saturated rings. The van der Waals surface area contributed by atoms with E-state index in [2.05, 4.69) is 25.4 Å². The number of halogens is 3. The van der Waals surface area contributed by atoms with E-state index >= 15 is 0 Å². The molecule has 10 heteroatoms. The molecule has 5 rings (SSSR count). The minimum atomic E-state index is -2.80. The number of aromatic nitrogens is 5. The van der Waals surface area contributed by atoms with Gasteiger partial charge in [-0.3, -0.25) is 4.90 Å². The fourth-order valence-electron chi connectivity index (χ4n) is 3.61. The van der Waals surface area contributed by atoms with E-state index in [4.69, 9.17) is 4.42 Å². The van der Waals surface area contributed by atoms with Crippen LogP contribution >= 0.6 is 0 Å². The van der Waals surface area contributed by atoms with Gasteiger partial charge >= 0.3 is 6.43 Å². The maximum Gasteiger partial charge on any atom is 0.314 e. The SMILES string of the molecule is FC1CN(Cc2cccc(-c3cn(Cc4ccc(-c5nnc(C(F)F)o5)cc4)nn3)c2)C1. The zero-order chi connectivity index (χ0) is 22.1. The van der Waals surface area contributed by atoms with Crippen LogP contribution in [0.3, 0.4) is 0 Å². The summed E-state index contributed by atoms with van der Waals surface area (Å²) in [6, 6.07) is 15.2. The van der Waals surface area contributed by atoms with Crippen LogP contribution in [-0.2, 0) is 13.1 Å². The number of benzene rings is 2. The minimum absolute atomic E-state index is 0.0510. The first-order valence-corrected chi connectivity index (χ1v) is 10.1. The predicted octanol–water partition coefficient (Wildman–Crippen LogP) is 4.13. The van der Waals surface area contributed by atoms with E-state index in [9.17, 15) is 13.2 Å². The normalized spacial score (nSPS) is 14.8. The van der Waals surface area contributed by atoms with Crippen molar-refractivity contribution in [1.82, 2.24) is 30.1 Å². The lowest BCUT2D eigenvalue weighted by Crippen LogP contribution is -2.47. The average Bonchev–Trinajstić information content (AvgIpc) is 3.44. The fraction of sp³-hybridized carbons (Fsp3) is 0.273. The maximum absolute atomic E-state index is 13.0. The van der Waals surface area contributed by atoms with Gasteiger partial charge in [0.05, 0.1) is 12.7 Å². The number of nitrogens with zero attached hydrogens (tertiary/aromatic N) is 6. The molecule has 4 aromatic rings. The van der Waals surface area contributed by atoms with Gasteiger partial charge in [-0.1, -0.05) is 35.5 Å². The molecule has 0 bridgehead atoms. The van der Waals surface area contributed by atoms with Crippen LogP contribution in [0.5, 0.6) is 0 Å². The molecule has 1 aliphatic heterocycles. The van der Waals surface area contributed by atoms with Crippen LogP contribution in [0, 0.1) is 0 Å². The molecule has 0 aliphatic carbocycles. The monoisotopic (exact) mass is 440 g/mol. The van der Waals surface area contributed by atoms with Gasteiger partial charge in [-0.15, -0.1) is 15.3 Å². The summed E-state index contributed by atoms with van der Waals surface area (Å²) in [5.41, 5.74) is 4.32. The van der Waals surface area contributed by atoms with E-state index in [-0.39, 0.29) is 5.89 Å². The largest absolute Gasteiger partial charge is 0.415 e. The quantitative estimate of drug-likeness (QED) is 0.430. The van der Waals surface area contributed by atoms with Gasteiger partial charge in [0.1, 0.15) is 11.9 Å². The third-order valence-electron chi connectivity index (χ3n) is 5.25. The zero-order valence-corrected chi connectivity index (χ0v) is 16.9. The molecule has 2 aromatic heterocycles. The van der Waals surface area contributed by atoms with Crippen molar-refractivity contribution >= 4 is 0 Å². The van der Waals surface area contributed by atoms with E-state index in [0.29, 0.717) is 31.7 Å². The van der Waals surface area contributed by atoms with Crippen molar-refractivity contribution in [1.29, 1.82) is 0 Å². The Labute approximate surface area is 181 Å². The molecule has 32 heavy (non-hydrogen) atoms. The highest BCUT2D eigenvalue weighted by Crippen LogP contribution is 2.24. The number of hydrogen-bond donors (Lipinski definition) is 0. The molecule has 164 valence electrons. The maximum atomic E-state index is 13.0. The van der Waals surface area contributed by atoms with Crippen LogP contribution < -0.4 is 0 Å². The molecule has 1 aliphatic rings. The second-order valence-electron chi connectivity index (χ2n) is 7.74. The molecule has 2 aromatic carbocycles. The van der Waals surface area contributed by atoms with Crippen molar-refractivity contribution in [2.45, 2.75) is 25.7 Å². The lowest BCUT2D eigenvalue weighted by molar-refractivity contribution is 0.0591. The van der Waals surface area contributed by atoms with Crippen LogP contribution in [0.15, 0.2) is 59.1 Å². The highest BCUT2D eigenvalue weighted by Gasteiger charge is 2.25. The van der Waals surface area contributed by atoms with Gasteiger partial charge in [0.25, 0.3) is 5.89 Å². The van der Waals surface area contributed by atoms with Crippen molar-refractivity contribution in [3.05, 3.63) is 71.7 Å². The molecule has 1 saturated heterocycles. The lowest BCUT2D eigenvalue weighted by Gasteiger charge is -2.34. The molecule has 7 nitrogen and oxygen atoms in total. The van der Waals surface area contributed by atoms with Crippen molar-refractivity contribution in [2.75, 3.05) is 13.1 Å². The van der Waals surface area contributed by atoms with Crippen molar-refractivity contribution in [3.63, 3.8) is 0 Å². The van der Waals surface area contributed by atoms with Crippen molar-refractivity contribution < 1.29 is 17.6 Å². The minimum Gasteiger partial charge on any atom is -0.415 e. The lowest BCUT2D eigenvalue weighted by atomic mass is 10.1. The Morgan fingerprint density at radius 2 is 1.75 bits per heavy atom. The first-order chi connectivity index (χ1) is 15.5. The van der Waals surface area contributed by atoms with E-state index < -0.39 is 18.5 Å². The van der Waals surface area contributed by atoms with Gasteiger partial charge in [0.15, 0.2) is 0 Å². The van der Waals surface area contributed by atoms with Crippen LogP contribution in [0.4, 0.5) is 13.2 Å². The third kappa shape index (κ3) is 4.40. The van der Waals surface area contributed by atoms with Crippen molar-refractivity contribution in [2.24, 2.45) is 0 Å². The van der Waals surface area contributed by atoms with Crippen LogP contribution in [0.25, 0.3) is 22.7 Å². The molecule has 0 amide bonds. The molecular weight excluding hydrogens is 421 g/mol. The van der Waals surface area contributed by atoms with Gasteiger partial charge < -0.3 is 4.42 Å². The van der Waals surface area contributed by atoms with E-state index in [1.807, 2.05) is 42.6 Å². The summed E-state index contributed by atoms with van der Waals surface area (Å²) in [6.07, 6.45) is -1.65. The summed E-state index contributed by atoms with van der Waals surface area (Å²) in [4.78, 5) is 2.06. The number of alkyl halides is 3. The highest BCUT2D eigenvalue weighted by atomic mass is 19.3. The first-order valence-electron chi connectivity index (χ1n) is 10.1. The van der Waals surface area contributed by atoms with Gasteiger partial charge in [0.2, 0.25) is 5.89 Å². The Bertz CT molecular complexity index is 1200. The summed E-state index contributed by atoms with van der Waals surface area (Å²) in [6.45, 7) is 2.18. The van der Waals surface area contributed by atoms with E-state index in [1.165, 1.54) is 0 Å². The zero-order valence-electron chi connectivity index (χ0n) is 16.9. The first kappa shape index (κ1) is 20.4. The summed E-state index contributed by atoms with van der Waals surface area (Å²) in [5, 5.41) is 15.5. The summed E-state index contributed by atoms with van der Waals surface area (Å²) in [7, 11) is 0. The second-order valence-corrected chi connectivity index (χ2v) is 7.74. The number of rotatable bonds is 7. The molecule has 0 radical (unpaired) electrons. The number of hydrogen-bond acceptors (Lipinski definition) is 6. The third-order valence-corrected chi connectivity index (χ3v) is 5.25. The number of likely N-dealkylation sites (tertiary alicyclic amines) is 1. The Balaban J connectivity index is 1.25. The van der Waals surface area contributed by atoms with Crippen LogP contribution in [0.2, 0.25) is 0 Å². The summed E-state index contributed by atoms with van der Waals surface area (Å²) < 4.78 is 44.9. The molecule has 0 atom stereocenters. The topological polar surface area (TPSA) is 72.9 Å². The Morgan fingerprint density at radius 3 is 2.47 bits per heavy atom. The van der Waals surface area contributed by atoms with Gasteiger partial charge in [-0.25, -0.2) is 9.07 Å². The molecule has 0 spiro atoms. The van der Waals surface area contributed by atoms with Crippen LogP contribution in [0.1, 0.15) is 23.4 Å². The molecule has 0 N–H and O–H groups in total. The molecule has 0 unspecified atom stereocenters. The second kappa shape index (κ2) is 8.54. The van der Waals surface area contributed by atoms with E-state index in [0.717, 1.165) is 22.4 Å². The molecular formula is C22H19F3N6O. The van der Waals surface area contributed by atoms with Crippen LogP contribution in [-0.4, -0.2) is 49.4 Å². The standard InChI is InChI=1S/C22H19F3N6O/c23-18-11-30(12-18)9-15-2-1-3-17(8-15)19-13-31(29-26-19)10-14-4-6-16(7-5-14)21-27-28-22(32-21)20(24)25/h1-8,13,18,20H,9-12H2. The predicted molar refractivity (Wildman–Crippen MR) is 109 cm³/mol. The fourth-order valence-corrected chi connectivity index (χ4v) is 3.61. The van der Waals surface area contributed by atoms with Gasteiger partial charge in [-0.2, -0.15) is 8.78 Å². The summed E-state index contributed by atoms with van der Waals surface area (Å²) >= 11 is 0.